The van der Waals surface area contributed by atoms with E-state index in [0.29, 0.717) is 10.7 Å². The number of carbonyl (C=O) groups is 1. The molecule has 1 aromatic rings. The van der Waals surface area contributed by atoms with E-state index in [1.165, 1.54) is 17.8 Å². The van der Waals surface area contributed by atoms with E-state index in [1.807, 2.05) is 44.2 Å². The number of rotatable bonds is 5. The van der Waals surface area contributed by atoms with Crippen LogP contribution in [0.25, 0.3) is 0 Å². The minimum absolute atomic E-state index is 0.0824. The third-order valence-electron chi connectivity index (χ3n) is 3.05. The summed E-state index contributed by atoms with van der Waals surface area (Å²) in [6.07, 6.45) is 2.87. The van der Waals surface area contributed by atoms with Crippen LogP contribution in [0.5, 0.6) is 0 Å². The molecule has 0 saturated carbocycles. The number of allylic oxidation sites excluding steroid dienone is 2. The summed E-state index contributed by atoms with van der Waals surface area (Å²) in [5.74, 6) is 4.86. The first-order chi connectivity index (χ1) is 12.0. The van der Waals surface area contributed by atoms with Crippen molar-refractivity contribution >= 4 is 17.7 Å². The third kappa shape index (κ3) is 5.95. The van der Waals surface area contributed by atoms with E-state index >= 15 is 0 Å². The first-order valence-electron chi connectivity index (χ1n) is 8.00. The average molecular weight is 365 g/mol. The van der Waals surface area contributed by atoms with Crippen molar-refractivity contribution in [1.82, 2.24) is 5.01 Å². The van der Waals surface area contributed by atoms with Gasteiger partial charge in [0.1, 0.15) is 5.70 Å². The second-order valence-electron chi connectivity index (χ2n) is 4.68. The quantitative estimate of drug-likeness (QED) is 0.359. The number of nitrogens with zero attached hydrogens (tertiary/aromatic N) is 1. The third-order valence-corrected chi connectivity index (χ3v) is 4.10. The molecule has 1 aromatic carbocycles. The maximum absolute atomic E-state index is 14.0. The van der Waals surface area contributed by atoms with E-state index in [-0.39, 0.29) is 18.0 Å². The molecule has 0 amide bonds. The fraction of sp³-hybridized carbons (Fsp3) is 0.278. The van der Waals surface area contributed by atoms with Crippen molar-refractivity contribution in [1.29, 1.82) is 0 Å². The van der Waals surface area contributed by atoms with Crippen molar-refractivity contribution in [3.8, 4) is 0 Å². The Labute approximate surface area is 152 Å². The van der Waals surface area contributed by atoms with Crippen LogP contribution in [0.15, 0.2) is 64.7 Å². The van der Waals surface area contributed by atoms with Gasteiger partial charge >= 0.3 is 5.97 Å². The molecule has 25 heavy (non-hydrogen) atoms. The summed E-state index contributed by atoms with van der Waals surface area (Å²) >= 11 is 1.42. The molecule has 0 unspecified atom stereocenters. The number of hydrazine groups is 1. The van der Waals surface area contributed by atoms with Crippen molar-refractivity contribution in [3.05, 3.63) is 70.3 Å². The van der Waals surface area contributed by atoms with Crippen LogP contribution in [0, 0.1) is 0 Å². The lowest BCUT2D eigenvalue weighted by Gasteiger charge is -2.23. The van der Waals surface area contributed by atoms with Gasteiger partial charge in [0.25, 0.3) is 0 Å². The molecule has 7 heteroatoms. The number of nitrogens with two attached hydrogens (primary N) is 2. The van der Waals surface area contributed by atoms with Crippen molar-refractivity contribution in [3.63, 3.8) is 0 Å². The van der Waals surface area contributed by atoms with Gasteiger partial charge in [-0.1, -0.05) is 44.2 Å². The Balaban J connectivity index is 0.00000151. The first kappa shape index (κ1) is 20.8. The van der Waals surface area contributed by atoms with Gasteiger partial charge in [-0.05, 0) is 18.6 Å². The number of hydrogen-bond donors (Lipinski definition) is 2. The molecule has 2 rings (SSSR count). The fourth-order valence-corrected chi connectivity index (χ4v) is 2.79. The zero-order valence-corrected chi connectivity index (χ0v) is 15.5. The molecule has 0 fully saturated rings. The molecule has 4 N–H and O–H groups in total. The molecular weight excluding hydrogens is 341 g/mol. The van der Waals surface area contributed by atoms with Gasteiger partial charge < -0.3 is 10.5 Å². The molecule has 5 nitrogen and oxygen atoms in total. The van der Waals surface area contributed by atoms with E-state index in [2.05, 4.69) is 0 Å². The molecule has 0 spiro atoms. The Morgan fingerprint density at radius 3 is 2.48 bits per heavy atom. The van der Waals surface area contributed by atoms with Gasteiger partial charge in [-0.15, -0.1) is 11.8 Å². The highest BCUT2D eigenvalue weighted by Gasteiger charge is 2.22. The zero-order chi connectivity index (χ0) is 18.8. The molecule has 0 radical (unpaired) electrons. The molecule has 0 aliphatic carbocycles. The molecule has 1 aliphatic rings. The Kier molecular flexibility index (Phi) is 8.80. The molecule has 0 atom stereocenters. The van der Waals surface area contributed by atoms with Crippen molar-refractivity contribution in [2.45, 2.75) is 26.5 Å². The standard InChI is InChI=1S/C16H18FN3O2S.C2H6/c1-2-22-16(21)15(18)13-8-12(9-14(17)20(13)19)23-10-11-6-4-3-5-7-11;1-2/h3-9H,2,10,18-19H2,1H3;1-2H3/b15-13-;. The topological polar surface area (TPSA) is 81.6 Å². The molecule has 0 saturated heterocycles. The second kappa shape index (κ2) is 10.6. The van der Waals surface area contributed by atoms with Crippen molar-refractivity contribution < 1.29 is 13.9 Å². The second-order valence-corrected chi connectivity index (χ2v) is 5.73. The van der Waals surface area contributed by atoms with Crippen LogP contribution in [0.2, 0.25) is 0 Å². The van der Waals surface area contributed by atoms with E-state index in [9.17, 15) is 9.18 Å². The highest BCUT2D eigenvalue weighted by Crippen LogP contribution is 2.31. The number of ether oxygens (including phenoxy) is 1. The largest absolute Gasteiger partial charge is 0.461 e. The molecule has 1 aliphatic heterocycles. The summed E-state index contributed by atoms with van der Waals surface area (Å²) in [6, 6.07) is 9.77. The molecule has 0 aromatic heterocycles. The number of thioether (sulfide) groups is 1. The van der Waals surface area contributed by atoms with Gasteiger partial charge in [-0.2, -0.15) is 4.39 Å². The maximum atomic E-state index is 14.0. The normalized spacial score (nSPS) is 15.5. The summed E-state index contributed by atoms with van der Waals surface area (Å²) in [4.78, 5) is 12.3. The lowest BCUT2D eigenvalue weighted by molar-refractivity contribution is -0.138. The monoisotopic (exact) mass is 365 g/mol. The Bertz CT molecular complexity index is 672. The molecule has 0 bridgehead atoms. The summed E-state index contributed by atoms with van der Waals surface area (Å²) < 4.78 is 18.8. The van der Waals surface area contributed by atoms with Gasteiger partial charge in [-0.25, -0.2) is 10.6 Å². The predicted molar refractivity (Wildman–Crippen MR) is 100 cm³/mol. The smallest absolute Gasteiger partial charge is 0.356 e. The van der Waals surface area contributed by atoms with Crippen LogP contribution in [-0.2, 0) is 15.3 Å². The van der Waals surface area contributed by atoms with Crippen molar-refractivity contribution in [2.24, 2.45) is 11.6 Å². The SMILES string of the molecule is CC.CCOC(=O)/C(N)=C1\C=C(SCc2ccccc2)C=C(F)N1N. The highest BCUT2D eigenvalue weighted by atomic mass is 32.2. The summed E-state index contributed by atoms with van der Waals surface area (Å²) in [5, 5.41) is 0.735. The van der Waals surface area contributed by atoms with Crippen LogP contribution in [0.3, 0.4) is 0 Å². The molecule has 136 valence electrons. The van der Waals surface area contributed by atoms with E-state index in [0.717, 1.165) is 10.6 Å². The first-order valence-corrected chi connectivity index (χ1v) is 8.98. The molecular formula is C18H24FN3O2S. The van der Waals surface area contributed by atoms with Crippen LogP contribution in [0.4, 0.5) is 4.39 Å². The zero-order valence-electron chi connectivity index (χ0n) is 14.7. The van der Waals surface area contributed by atoms with Gasteiger partial charge in [0.05, 0.1) is 12.3 Å². The van der Waals surface area contributed by atoms with Gasteiger partial charge in [-0.3, -0.25) is 5.01 Å². The number of esters is 1. The highest BCUT2D eigenvalue weighted by molar-refractivity contribution is 8.02. The van der Waals surface area contributed by atoms with Crippen molar-refractivity contribution in [2.75, 3.05) is 6.61 Å². The van der Waals surface area contributed by atoms with Gasteiger partial charge in [0.2, 0.25) is 5.95 Å². The fourth-order valence-electron chi connectivity index (χ4n) is 1.89. The summed E-state index contributed by atoms with van der Waals surface area (Å²) in [6.45, 7) is 5.84. The lowest BCUT2D eigenvalue weighted by atomic mass is 10.2. The number of benzene rings is 1. The number of halogens is 1. The summed E-state index contributed by atoms with van der Waals surface area (Å²) in [5.41, 5.74) is 6.69. The van der Waals surface area contributed by atoms with Gasteiger partial charge in [0, 0.05) is 16.7 Å². The lowest BCUT2D eigenvalue weighted by Crippen LogP contribution is -2.33. The Hall–Kier alpha value is -2.25. The van der Waals surface area contributed by atoms with E-state index in [4.69, 9.17) is 16.3 Å². The van der Waals surface area contributed by atoms with E-state index in [1.54, 1.807) is 13.0 Å². The average Bonchev–Trinajstić information content (AvgIpc) is 2.64. The van der Waals surface area contributed by atoms with Crippen LogP contribution >= 0.6 is 11.8 Å². The predicted octanol–water partition coefficient (Wildman–Crippen LogP) is 3.56. The minimum Gasteiger partial charge on any atom is -0.461 e. The van der Waals surface area contributed by atoms with Gasteiger partial charge in [0.15, 0.2) is 0 Å². The Morgan fingerprint density at radius 2 is 1.88 bits per heavy atom. The van der Waals surface area contributed by atoms with Crippen LogP contribution in [0.1, 0.15) is 26.3 Å². The van der Waals surface area contributed by atoms with E-state index < -0.39 is 11.9 Å². The van der Waals surface area contributed by atoms with Crippen LogP contribution in [-0.4, -0.2) is 17.6 Å². The minimum atomic E-state index is -0.726. The Morgan fingerprint density at radius 1 is 1.24 bits per heavy atom. The summed E-state index contributed by atoms with van der Waals surface area (Å²) in [7, 11) is 0. The number of carbonyl (C=O) groups excluding carboxylic acids is 1. The molecule has 1 heterocycles. The number of hydrogen-bond acceptors (Lipinski definition) is 6. The maximum Gasteiger partial charge on any atom is 0.356 e. The van der Waals surface area contributed by atoms with Crippen LogP contribution < -0.4 is 11.6 Å².